The van der Waals surface area contributed by atoms with Gasteiger partial charge in [-0.05, 0) is 23.8 Å². The fraction of sp³-hybridized carbons (Fsp3) is 0.500. The normalized spacial score (nSPS) is 24.9. The van der Waals surface area contributed by atoms with E-state index in [-0.39, 0.29) is 0 Å². The average molecular weight is 192 g/mol. The molecule has 0 aliphatic heterocycles. The van der Waals surface area contributed by atoms with E-state index in [2.05, 4.69) is 12.1 Å². The molecule has 2 atom stereocenters. The van der Waals surface area contributed by atoms with Crippen LogP contribution in [0.25, 0.3) is 0 Å². The summed E-state index contributed by atoms with van der Waals surface area (Å²) in [5, 5.41) is 8.84. The second-order valence-corrected chi connectivity index (χ2v) is 3.94. The van der Waals surface area contributed by atoms with Gasteiger partial charge in [0.1, 0.15) is 0 Å². The molecule has 1 aromatic carbocycles. The lowest BCUT2D eigenvalue weighted by Crippen LogP contribution is -2.00. The Bertz CT molecular complexity index is 271. The number of aliphatic hydroxyl groups is 1. The van der Waals surface area contributed by atoms with Gasteiger partial charge in [-0.25, -0.2) is 0 Å². The van der Waals surface area contributed by atoms with E-state index in [0.29, 0.717) is 25.0 Å². The van der Waals surface area contributed by atoms with Gasteiger partial charge in [0.15, 0.2) is 0 Å². The van der Waals surface area contributed by atoms with E-state index < -0.39 is 0 Å². The van der Waals surface area contributed by atoms with Gasteiger partial charge in [0, 0.05) is 6.61 Å². The molecule has 2 heteroatoms. The Kier molecular flexibility index (Phi) is 3.17. The van der Waals surface area contributed by atoms with Crippen LogP contribution in [0.2, 0.25) is 0 Å². The Balaban J connectivity index is 1.64. The SMILES string of the molecule is OC[C@H]1C[C@@H]1COCc1ccccc1. The molecule has 1 fully saturated rings. The van der Waals surface area contributed by atoms with Gasteiger partial charge in [-0.1, -0.05) is 30.3 Å². The van der Waals surface area contributed by atoms with E-state index in [1.54, 1.807) is 0 Å². The van der Waals surface area contributed by atoms with Crippen molar-refractivity contribution in [1.82, 2.24) is 0 Å². The Labute approximate surface area is 84.5 Å². The van der Waals surface area contributed by atoms with Crippen molar-refractivity contribution in [3.63, 3.8) is 0 Å². The molecule has 0 spiro atoms. The lowest BCUT2D eigenvalue weighted by molar-refractivity contribution is 0.104. The molecule has 1 aromatic rings. The maximum absolute atomic E-state index is 8.84. The van der Waals surface area contributed by atoms with Crippen LogP contribution in [-0.4, -0.2) is 18.3 Å². The number of ether oxygens (including phenoxy) is 1. The minimum Gasteiger partial charge on any atom is -0.396 e. The Morgan fingerprint density at radius 3 is 2.64 bits per heavy atom. The third kappa shape index (κ3) is 2.56. The lowest BCUT2D eigenvalue weighted by atomic mass is 10.2. The third-order valence-electron chi connectivity index (χ3n) is 2.75. The van der Waals surface area contributed by atoms with Gasteiger partial charge in [-0.2, -0.15) is 0 Å². The topological polar surface area (TPSA) is 29.5 Å². The maximum Gasteiger partial charge on any atom is 0.0717 e. The van der Waals surface area contributed by atoms with Crippen LogP contribution in [0.4, 0.5) is 0 Å². The smallest absolute Gasteiger partial charge is 0.0717 e. The van der Waals surface area contributed by atoms with Crippen molar-refractivity contribution in [2.45, 2.75) is 13.0 Å². The van der Waals surface area contributed by atoms with Crippen LogP contribution in [0.1, 0.15) is 12.0 Å². The average Bonchev–Trinajstić information content (AvgIpc) is 2.98. The highest BCUT2D eigenvalue weighted by atomic mass is 16.5. The van der Waals surface area contributed by atoms with Crippen LogP contribution < -0.4 is 0 Å². The molecule has 2 rings (SSSR count). The predicted octanol–water partition coefficient (Wildman–Crippen LogP) is 1.83. The molecular weight excluding hydrogens is 176 g/mol. The number of hydrogen-bond donors (Lipinski definition) is 1. The van der Waals surface area contributed by atoms with E-state index >= 15 is 0 Å². The van der Waals surface area contributed by atoms with E-state index in [1.807, 2.05) is 18.2 Å². The standard InChI is InChI=1S/C12H16O2/c13-7-11-6-12(11)9-14-8-10-4-2-1-3-5-10/h1-5,11-13H,6-9H2/t11-,12-/m1/s1. The number of benzene rings is 1. The van der Waals surface area contributed by atoms with Crippen molar-refractivity contribution < 1.29 is 9.84 Å². The summed E-state index contributed by atoms with van der Waals surface area (Å²) >= 11 is 0. The summed E-state index contributed by atoms with van der Waals surface area (Å²) < 4.78 is 5.56. The summed E-state index contributed by atoms with van der Waals surface area (Å²) in [7, 11) is 0. The molecule has 1 aliphatic carbocycles. The highest BCUT2D eigenvalue weighted by molar-refractivity contribution is 5.13. The highest BCUT2D eigenvalue weighted by Crippen LogP contribution is 2.37. The van der Waals surface area contributed by atoms with Crippen molar-refractivity contribution in [3.8, 4) is 0 Å². The van der Waals surface area contributed by atoms with E-state index in [1.165, 1.54) is 5.56 Å². The summed E-state index contributed by atoms with van der Waals surface area (Å²) in [5.41, 5.74) is 1.22. The molecule has 76 valence electrons. The Morgan fingerprint density at radius 1 is 1.21 bits per heavy atom. The van der Waals surface area contributed by atoms with Crippen LogP contribution in [0.5, 0.6) is 0 Å². The predicted molar refractivity (Wildman–Crippen MR) is 54.8 cm³/mol. The first kappa shape index (κ1) is 9.69. The van der Waals surface area contributed by atoms with Crippen molar-refractivity contribution in [2.75, 3.05) is 13.2 Å². The summed E-state index contributed by atoms with van der Waals surface area (Å²) in [6.45, 7) is 1.80. The van der Waals surface area contributed by atoms with E-state index in [9.17, 15) is 0 Å². The lowest BCUT2D eigenvalue weighted by Gasteiger charge is -2.03. The van der Waals surface area contributed by atoms with Crippen molar-refractivity contribution in [3.05, 3.63) is 35.9 Å². The third-order valence-corrected chi connectivity index (χ3v) is 2.75. The number of hydrogen-bond acceptors (Lipinski definition) is 2. The van der Waals surface area contributed by atoms with Gasteiger partial charge in [0.05, 0.1) is 13.2 Å². The van der Waals surface area contributed by atoms with Gasteiger partial charge in [0.25, 0.3) is 0 Å². The molecule has 0 radical (unpaired) electrons. The quantitative estimate of drug-likeness (QED) is 0.771. The molecule has 1 saturated carbocycles. The van der Waals surface area contributed by atoms with E-state index in [0.717, 1.165) is 13.0 Å². The zero-order valence-corrected chi connectivity index (χ0v) is 8.23. The maximum atomic E-state index is 8.84. The molecule has 1 N–H and O–H groups in total. The van der Waals surface area contributed by atoms with Crippen LogP contribution >= 0.6 is 0 Å². The summed E-state index contributed by atoms with van der Waals surface area (Å²) in [6.07, 6.45) is 1.13. The van der Waals surface area contributed by atoms with Crippen molar-refractivity contribution in [2.24, 2.45) is 11.8 Å². The minimum atomic E-state index is 0.319. The molecule has 1 aliphatic rings. The largest absolute Gasteiger partial charge is 0.396 e. The fourth-order valence-electron chi connectivity index (χ4n) is 1.64. The van der Waals surface area contributed by atoms with Crippen LogP contribution in [0.15, 0.2) is 30.3 Å². The zero-order valence-electron chi connectivity index (χ0n) is 8.23. The van der Waals surface area contributed by atoms with Gasteiger partial charge >= 0.3 is 0 Å². The monoisotopic (exact) mass is 192 g/mol. The molecule has 0 unspecified atom stereocenters. The number of rotatable bonds is 5. The van der Waals surface area contributed by atoms with Gasteiger partial charge in [0.2, 0.25) is 0 Å². The molecule has 0 aromatic heterocycles. The van der Waals surface area contributed by atoms with Gasteiger partial charge in [-0.3, -0.25) is 0 Å². The van der Waals surface area contributed by atoms with Crippen LogP contribution in [0.3, 0.4) is 0 Å². The van der Waals surface area contributed by atoms with Gasteiger partial charge < -0.3 is 9.84 Å². The first-order chi connectivity index (χ1) is 6.90. The molecular formula is C12H16O2. The summed E-state index contributed by atoms with van der Waals surface area (Å²) in [6, 6.07) is 10.2. The molecule has 0 saturated heterocycles. The van der Waals surface area contributed by atoms with Crippen molar-refractivity contribution >= 4 is 0 Å². The molecule has 0 amide bonds. The summed E-state index contributed by atoms with van der Waals surface area (Å²) in [4.78, 5) is 0. The highest BCUT2D eigenvalue weighted by Gasteiger charge is 2.36. The minimum absolute atomic E-state index is 0.319. The second-order valence-electron chi connectivity index (χ2n) is 3.94. The molecule has 0 heterocycles. The van der Waals surface area contributed by atoms with Gasteiger partial charge in [-0.15, -0.1) is 0 Å². The Morgan fingerprint density at radius 2 is 2.00 bits per heavy atom. The first-order valence-corrected chi connectivity index (χ1v) is 5.12. The van der Waals surface area contributed by atoms with E-state index in [4.69, 9.17) is 9.84 Å². The summed E-state index contributed by atoms with van der Waals surface area (Å²) in [5.74, 6) is 1.11. The van der Waals surface area contributed by atoms with Crippen LogP contribution in [-0.2, 0) is 11.3 Å². The van der Waals surface area contributed by atoms with Crippen LogP contribution in [0, 0.1) is 11.8 Å². The molecule has 2 nitrogen and oxygen atoms in total. The molecule has 0 bridgehead atoms. The number of aliphatic hydroxyl groups excluding tert-OH is 1. The fourth-order valence-corrected chi connectivity index (χ4v) is 1.64. The first-order valence-electron chi connectivity index (χ1n) is 5.12. The second kappa shape index (κ2) is 4.58. The van der Waals surface area contributed by atoms with Crippen molar-refractivity contribution in [1.29, 1.82) is 0 Å². The molecule has 14 heavy (non-hydrogen) atoms. The zero-order chi connectivity index (χ0) is 9.80. The Hall–Kier alpha value is -0.860.